The molecule has 2 aromatic rings. The first-order chi connectivity index (χ1) is 14.0. The van der Waals surface area contributed by atoms with Crippen LogP contribution in [0.2, 0.25) is 0 Å². The number of carbonyl (C=O) groups excluding carboxylic acids is 2. The lowest BCUT2D eigenvalue weighted by atomic mass is 10.2. The molecule has 0 radical (unpaired) electrons. The molecule has 0 aliphatic carbocycles. The van der Waals surface area contributed by atoms with E-state index in [0.29, 0.717) is 6.07 Å². The van der Waals surface area contributed by atoms with Gasteiger partial charge in [0.15, 0.2) is 0 Å². The van der Waals surface area contributed by atoms with E-state index in [-0.39, 0.29) is 24.4 Å². The van der Waals surface area contributed by atoms with Gasteiger partial charge >= 0.3 is 0 Å². The predicted molar refractivity (Wildman–Crippen MR) is 109 cm³/mol. The summed E-state index contributed by atoms with van der Waals surface area (Å²) in [6, 6.07) is 10.4. The van der Waals surface area contributed by atoms with Crippen molar-refractivity contribution >= 4 is 23.2 Å². The molecular formula is C22H25F2N3O2. The van der Waals surface area contributed by atoms with Gasteiger partial charge in [0, 0.05) is 32.1 Å². The Kier molecular flexibility index (Phi) is 7.16. The zero-order valence-electron chi connectivity index (χ0n) is 16.2. The maximum absolute atomic E-state index is 13.6. The molecule has 1 aliphatic heterocycles. The van der Waals surface area contributed by atoms with Crippen molar-refractivity contribution in [2.24, 2.45) is 0 Å². The molecule has 29 heavy (non-hydrogen) atoms. The van der Waals surface area contributed by atoms with Crippen molar-refractivity contribution in [1.29, 1.82) is 0 Å². The van der Waals surface area contributed by atoms with E-state index in [9.17, 15) is 18.4 Å². The van der Waals surface area contributed by atoms with Crippen LogP contribution in [0.5, 0.6) is 0 Å². The van der Waals surface area contributed by atoms with Gasteiger partial charge in [0.05, 0.1) is 16.9 Å². The third kappa shape index (κ3) is 5.76. The molecule has 0 bridgehead atoms. The van der Waals surface area contributed by atoms with Crippen LogP contribution >= 0.6 is 0 Å². The van der Waals surface area contributed by atoms with Crippen LogP contribution in [0.1, 0.15) is 42.5 Å². The molecule has 0 unspecified atom stereocenters. The Morgan fingerprint density at radius 1 is 0.966 bits per heavy atom. The smallest absolute Gasteiger partial charge is 0.254 e. The lowest BCUT2D eigenvalue weighted by molar-refractivity contribution is -0.116. The molecular weight excluding hydrogens is 376 g/mol. The minimum atomic E-state index is -0.932. The normalized spacial score (nSPS) is 14.2. The second-order valence-corrected chi connectivity index (χ2v) is 7.10. The number of rotatable bonds is 6. The van der Waals surface area contributed by atoms with Gasteiger partial charge in [0.1, 0.15) is 11.6 Å². The fraction of sp³-hybridized carbons (Fsp3) is 0.364. The second kappa shape index (κ2) is 10.0. The largest absolute Gasteiger partial charge is 0.370 e. The van der Waals surface area contributed by atoms with Crippen molar-refractivity contribution in [3.05, 3.63) is 59.7 Å². The van der Waals surface area contributed by atoms with Crippen molar-refractivity contribution in [3.63, 3.8) is 0 Å². The highest BCUT2D eigenvalue weighted by Crippen LogP contribution is 2.28. The van der Waals surface area contributed by atoms with E-state index in [0.717, 1.165) is 49.4 Å². The minimum Gasteiger partial charge on any atom is -0.370 e. The Morgan fingerprint density at radius 2 is 1.69 bits per heavy atom. The highest BCUT2D eigenvalue weighted by molar-refractivity contribution is 5.96. The summed E-state index contributed by atoms with van der Waals surface area (Å²) in [5.41, 5.74) is 1.49. The molecule has 0 aromatic heterocycles. The fourth-order valence-electron chi connectivity index (χ4n) is 3.44. The van der Waals surface area contributed by atoms with Crippen molar-refractivity contribution in [3.8, 4) is 0 Å². The number of para-hydroxylation sites is 2. The number of nitrogens with zero attached hydrogens (tertiary/aromatic N) is 1. The van der Waals surface area contributed by atoms with E-state index in [2.05, 4.69) is 15.5 Å². The summed E-state index contributed by atoms with van der Waals surface area (Å²) in [5.74, 6) is -2.60. The summed E-state index contributed by atoms with van der Waals surface area (Å²) >= 11 is 0. The summed E-state index contributed by atoms with van der Waals surface area (Å²) in [4.78, 5) is 26.6. The third-order valence-electron chi connectivity index (χ3n) is 4.94. The van der Waals surface area contributed by atoms with Crippen LogP contribution in [-0.2, 0) is 4.79 Å². The number of benzene rings is 2. The van der Waals surface area contributed by atoms with Crippen LogP contribution in [0.4, 0.5) is 20.2 Å². The number of anilines is 2. The number of hydrogen-bond donors (Lipinski definition) is 2. The van der Waals surface area contributed by atoms with Crippen LogP contribution < -0.4 is 15.5 Å². The van der Waals surface area contributed by atoms with Gasteiger partial charge in [-0.15, -0.1) is 0 Å². The number of carbonyl (C=O) groups is 2. The monoisotopic (exact) mass is 401 g/mol. The van der Waals surface area contributed by atoms with Gasteiger partial charge in [0.25, 0.3) is 5.91 Å². The molecule has 154 valence electrons. The van der Waals surface area contributed by atoms with Gasteiger partial charge in [-0.3, -0.25) is 9.59 Å². The van der Waals surface area contributed by atoms with Gasteiger partial charge in [-0.25, -0.2) is 8.78 Å². The van der Waals surface area contributed by atoms with Crippen LogP contribution in [0.3, 0.4) is 0 Å². The van der Waals surface area contributed by atoms with Crippen LogP contribution in [0.15, 0.2) is 42.5 Å². The molecule has 0 saturated carbocycles. The Bertz CT molecular complexity index is 865. The lowest BCUT2D eigenvalue weighted by Gasteiger charge is -2.25. The molecule has 1 heterocycles. The molecule has 5 nitrogen and oxygen atoms in total. The molecule has 2 amide bonds. The van der Waals surface area contributed by atoms with E-state index in [4.69, 9.17) is 0 Å². The highest BCUT2D eigenvalue weighted by Gasteiger charge is 2.16. The van der Waals surface area contributed by atoms with Crippen LogP contribution in [-0.4, -0.2) is 31.4 Å². The molecule has 1 aliphatic rings. The number of nitrogens with one attached hydrogen (secondary N) is 2. The maximum Gasteiger partial charge on any atom is 0.254 e. The predicted octanol–water partition coefficient (Wildman–Crippen LogP) is 4.10. The molecule has 0 spiro atoms. The van der Waals surface area contributed by atoms with Crippen molar-refractivity contribution in [2.75, 3.05) is 29.9 Å². The van der Waals surface area contributed by atoms with Crippen LogP contribution in [0.25, 0.3) is 0 Å². The van der Waals surface area contributed by atoms with E-state index in [1.807, 2.05) is 24.3 Å². The van der Waals surface area contributed by atoms with Gasteiger partial charge in [-0.2, -0.15) is 0 Å². The van der Waals surface area contributed by atoms with Crippen LogP contribution in [0, 0.1) is 11.6 Å². The summed E-state index contributed by atoms with van der Waals surface area (Å²) in [7, 11) is 0. The van der Waals surface area contributed by atoms with Crippen molar-refractivity contribution in [1.82, 2.24) is 5.32 Å². The molecule has 7 heteroatoms. The summed E-state index contributed by atoms with van der Waals surface area (Å²) in [6.07, 6.45) is 4.75. The molecule has 2 aromatic carbocycles. The lowest BCUT2D eigenvalue weighted by Crippen LogP contribution is -2.29. The van der Waals surface area contributed by atoms with E-state index >= 15 is 0 Å². The molecule has 1 fully saturated rings. The Balaban J connectivity index is 1.54. The average molecular weight is 401 g/mol. The van der Waals surface area contributed by atoms with Crippen molar-refractivity contribution in [2.45, 2.75) is 32.1 Å². The first-order valence-corrected chi connectivity index (χ1v) is 9.91. The Labute approximate surface area is 169 Å². The molecule has 0 atom stereocenters. The van der Waals surface area contributed by atoms with Gasteiger partial charge in [-0.1, -0.05) is 25.0 Å². The van der Waals surface area contributed by atoms with Crippen molar-refractivity contribution < 1.29 is 18.4 Å². The SMILES string of the molecule is O=C(CCNC(=O)c1ccc(F)cc1F)Nc1ccccc1N1CCCCCC1. The topological polar surface area (TPSA) is 61.4 Å². The highest BCUT2D eigenvalue weighted by atomic mass is 19.1. The average Bonchev–Trinajstić information content (AvgIpc) is 2.97. The van der Waals surface area contributed by atoms with E-state index in [1.165, 1.54) is 12.8 Å². The summed E-state index contributed by atoms with van der Waals surface area (Å²) in [6.45, 7) is 1.98. The molecule has 2 N–H and O–H groups in total. The maximum atomic E-state index is 13.6. The Hall–Kier alpha value is -2.96. The van der Waals surface area contributed by atoms with Gasteiger partial charge < -0.3 is 15.5 Å². The molecule has 1 saturated heterocycles. The number of hydrogen-bond acceptors (Lipinski definition) is 3. The van der Waals surface area contributed by atoms with Gasteiger partial charge in [0.2, 0.25) is 5.91 Å². The Morgan fingerprint density at radius 3 is 2.41 bits per heavy atom. The third-order valence-corrected chi connectivity index (χ3v) is 4.94. The number of amides is 2. The second-order valence-electron chi connectivity index (χ2n) is 7.10. The fourth-order valence-corrected chi connectivity index (χ4v) is 3.44. The summed E-state index contributed by atoms with van der Waals surface area (Å²) < 4.78 is 26.6. The number of halogens is 2. The molecule has 3 rings (SSSR count). The minimum absolute atomic E-state index is 0.0445. The van der Waals surface area contributed by atoms with E-state index in [1.54, 1.807) is 0 Å². The first-order valence-electron chi connectivity index (χ1n) is 9.91. The standard InChI is InChI=1S/C22H25F2N3O2/c23-16-9-10-17(18(24)15-16)22(29)25-12-11-21(28)26-19-7-3-4-8-20(19)27-13-5-1-2-6-14-27/h3-4,7-10,15H,1-2,5-6,11-14H2,(H,25,29)(H,26,28). The zero-order valence-corrected chi connectivity index (χ0v) is 16.2. The van der Waals surface area contributed by atoms with Gasteiger partial charge in [-0.05, 0) is 37.1 Å². The summed E-state index contributed by atoms with van der Waals surface area (Å²) in [5, 5.41) is 5.39. The zero-order chi connectivity index (χ0) is 20.6. The van der Waals surface area contributed by atoms with E-state index < -0.39 is 17.5 Å². The quantitative estimate of drug-likeness (QED) is 0.766. The first kappa shape index (κ1) is 20.8.